The Morgan fingerprint density at radius 1 is 1.10 bits per heavy atom. The zero-order valence-corrected chi connectivity index (χ0v) is 17.3. The fourth-order valence-corrected chi connectivity index (χ4v) is 3.91. The number of rotatable bonds is 6. The molecule has 0 aliphatic carbocycles. The molecule has 1 aliphatic heterocycles. The van der Waals surface area contributed by atoms with Gasteiger partial charge < -0.3 is 18.9 Å². The lowest BCUT2D eigenvalue weighted by molar-refractivity contribution is 0.0595. The van der Waals surface area contributed by atoms with Crippen LogP contribution >= 0.6 is 11.6 Å². The van der Waals surface area contributed by atoms with E-state index in [-0.39, 0.29) is 12.0 Å². The first-order valence-corrected chi connectivity index (χ1v) is 10.3. The van der Waals surface area contributed by atoms with Gasteiger partial charge in [0.15, 0.2) is 0 Å². The van der Waals surface area contributed by atoms with E-state index < -0.39 is 0 Å². The molecule has 0 saturated carbocycles. The molecule has 1 saturated heterocycles. The Bertz CT molecular complexity index is 975. The summed E-state index contributed by atoms with van der Waals surface area (Å²) in [6.07, 6.45) is 3.81. The van der Waals surface area contributed by atoms with Crippen molar-refractivity contribution >= 4 is 28.4 Å². The van der Waals surface area contributed by atoms with Crippen molar-refractivity contribution in [3.63, 3.8) is 0 Å². The molecule has 0 spiro atoms. The van der Waals surface area contributed by atoms with Crippen molar-refractivity contribution in [1.82, 2.24) is 9.47 Å². The van der Waals surface area contributed by atoms with Crippen molar-refractivity contribution < 1.29 is 14.3 Å². The second kappa shape index (κ2) is 8.89. The van der Waals surface area contributed by atoms with Gasteiger partial charge >= 0.3 is 0 Å². The number of fused-ring (bicyclic) bond motifs is 1. The maximum Gasteiger partial charge on any atom is 0.253 e. The number of carbonyl (C=O) groups is 1. The van der Waals surface area contributed by atoms with Crippen LogP contribution in [0, 0.1) is 0 Å². The molecule has 3 aromatic rings. The minimum Gasteiger partial charge on any atom is -0.490 e. The predicted octanol–water partition coefficient (Wildman–Crippen LogP) is 4.62. The molecule has 0 unspecified atom stereocenters. The topological polar surface area (TPSA) is 43.7 Å². The van der Waals surface area contributed by atoms with Gasteiger partial charge in [-0.15, -0.1) is 0 Å². The third-order valence-corrected chi connectivity index (χ3v) is 5.65. The maximum absolute atomic E-state index is 13.0. The number of halogens is 1. The highest BCUT2D eigenvalue weighted by Gasteiger charge is 2.25. The zero-order chi connectivity index (χ0) is 20.2. The zero-order valence-electron chi connectivity index (χ0n) is 16.5. The first-order valence-electron chi connectivity index (χ1n) is 9.93. The van der Waals surface area contributed by atoms with Crippen LogP contribution in [0.2, 0.25) is 5.02 Å². The fourth-order valence-electron chi connectivity index (χ4n) is 3.78. The fraction of sp³-hybridized carbons (Fsp3) is 0.348. The first kappa shape index (κ1) is 19.8. The van der Waals surface area contributed by atoms with Crippen molar-refractivity contribution in [3.8, 4) is 5.75 Å². The Balaban J connectivity index is 1.37. The maximum atomic E-state index is 13.0. The summed E-state index contributed by atoms with van der Waals surface area (Å²) in [6, 6.07) is 15.4. The molecule has 6 heteroatoms. The molecule has 2 aromatic carbocycles. The van der Waals surface area contributed by atoms with Crippen molar-refractivity contribution in [3.05, 3.63) is 65.3 Å². The van der Waals surface area contributed by atoms with Crippen LogP contribution in [0.25, 0.3) is 10.9 Å². The molecule has 0 bridgehead atoms. The summed E-state index contributed by atoms with van der Waals surface area (Å²) in [4.78, 5) is 14.9. The molecule has 1 aliphatic rings. The van der Waals surface area contributed by atoms with Gasteiger partial charge in [0.2, 0.25) is 0 Å². The summed E-state index contributed by atoms with van der Waals surface area (Å²) in [7, 11) is 1.70. The van der Waals surface area contributed by atoms with Gasteiger partial charge in [0.1, 0.15) is 11.9 Å². The Morgan fingerprint density at radius 3 is 2.59 bits per heavy atom. The van der Waals surface area contributed by atoms with Crippen molar-refractivity contribution in [1.29, 1.82) is 0 Å². The van der Waals surface area contributed by atoms with E-state index in [2.05, 4.69) is 4.57 Å². The number of carbonyl (C=O) groups excluding carboxylic acids is 1. The largest absolute Gasteiger partial charge is 0.490 e. The van der Waals surface area contributed by atoms with Crippen LogP contribution in [0.4, 0.5) is 0 Å². The molecule has 5 nitrogen and oxygen atoms in total. The van der Waals surface area contributed by atoms with Crippen LogP contribution in [0.3, 0.4) is 0 Å². The number of likely N-dealkylation sites (tertiary alicyclic amines) is 1. The summed E-state index contributed by atoms with van der Waals surface area (Å²) in [5.41, 5.74) is 1.85. The predicted molar refractivity (Wildman–Crippen MR) is 115 cm³/mol. The van der Waals surface area contributed by atoms with Crippen LogP contribution in [-0.4, -0.2) is 48.3 Å². The van der Waals surface area contributed by atoms with E-state index in [0.29, 0.717) is 24.7 Å². The van der Waals surface area contributed by atoms with Crippen molar-refractivity contribution in [2.24, 2.45) is 0 Å². The minimum atomic E-state index is 0.0847. The molecular formula is C23H25ClN2O3. The van der Waals surface area contributed by atoms with E-state index in [1.807, 2.05) is 59.6 Å². The molecule has 1 fully saturated rings. The standard InChI is InChI=1S/C23H25ClN2O3/c1-28-15-14-25-11-8-17-16-18(2-7-22(17)25)23(27)26-12-9-21(10-13-26)29-20-5-3-19(24)4-6-20/h2-8,11,16,21H,9-10,12-15H2,1H3. The number of nitrogens with zero attached hydrogens (tertiary/aromatic N) is 2. The second-order valence-corrected chi connectivity index (χ2v) is 7.78. The molecule has 1 amide bonds. The molecule has 2 heterocycles. The van der Waals surface area contributed by atoms with Crippen LogP contribution < -0.4 is 4.74 Å². The highest BCUT2D eigenvalue weighted by molar-refractivity contribution is 6.30. The molecule has 4 rings (SSSR count). The van der Waals surface area contributed by atoms with E-state index >= 15 is 0 Å². The number of benzene rings is 2. The van der Waals surface area contributed by atoms with Crippen molar-refractivity contribution in [2.45, 2.75) is 25.5 Å². The molecule has 152 valence electrons. The van der Waals surface area contributed by atoms with E-state index in [4.69, 9.17) is 21.1 Å². The van der Waals surface area contributed by atoms with Gasteiger partial charge in [-0.1, -0.05) is 11.6 Å². The summed E-state index contributed by atoms with van der Waals surface area (Å²) in [6.45, 7) is 2.86. The number of hydrogen-bond donors (Lipinski definition) is 0. The summed E-state index contributed by atoms with van der Waals surface area (Å²) >= 11 is 5.92. The lowest BCUT2D eigenvalue weighted by atomic mass is 10.1. The average Bonchev–Trinajstić information content (AvgIpc) is 3.16. The smallest absolute Gasteiger partial charge is 0.253 e. The van der Waals surface area contributed by atoms with Gasteiger partial charge in [0.05, 0.1) is 6.61 Å². The van der Waals surface area contributed by atoms with E-state index in [1.54, 1.807) is 7.11 Å². The lowest BCUT2D eigenvalue weighted by Crippen LogP contribution is -2.41. The molecule has 0 atom stereocenters. The van der Waals surface area contributed by atoms with Gasteiger partial charge in [-0.25, -0.2) is 0 Å². The Kier molecular flexibility index (Phi) is 6.07. The second-order valence-electron chi connectivity index (χ2n) is 7.34. The summed E-state index contributed by atoms with van der Waals surface area (Å²) in [5, 5.41) is 1.77. The highest BCUT2D eigenvalue weighted by Crippen LogP contribution is 2.23. The SMILES string of the molecule is COCCn1ccc2cc(C(=O)N3CCC(Oc4ccc(Cl)cc4)CC3)ccc21. The number of hydrogen-bond acceptors (Lipinski definition) is 3. The average molecular weight is 413 g/mol. The third-order valence-electron chi connectivity index (χ3n) is 5.40. The number of amides is 1. The van der Waals surface area contributed by atoms with Gasteiger partial charge in [0, 0.05) is 67.3 Å². The molecule has 29 heavy (non-hydrogen) atoms. The van der Waals surface area contributed by atoms with Gasteiger partial charge in [0.25, 0.3) is 5.91 Å². The van der Waals surface area contributed by atoms with Crippen LogP contribution in [0.15, 0.2) is 54.7 Å². The van der Waals surface area contributed by atoms with Crippen LogP contribution in [-0.2, 0) is 11.3 Å². The Morgan fingerprint density at radius 2 is 1.86 bits per heavy atom. The monoisotopic (exact) mass is 412 g/mol. The Hall–Kier alpha value is -2.50. The number of aromatic nitrogens is 1. The summed E-state index contributed by atoms with van der Waals surface area (Å²) in [5.74, 6) is 0.907. The molecular weight excluding hydrogens is 388 g/mol. The Labute approximate surface area is 175 Å². The third kappa shape index (κ3) is 4.57. The molecule has 0 N–H and O–H groups in total. The van der Waals surface area contributed by atoms with E-state index in [1.165, 1.54) is 0 Å². The van der Waals surface area contributed by atoms with E-state index in [0.717, 1.165) is 41.6 Å². The normalized spacial score (nSPS) is 15.0. The first-order chi connectivity index (χ1) is 14.1. The van der Waals surface area contributed by atoms with Gasteiger partial charge in [-0.05, 0) is 48.5 Å². The number of piperidine rings is 1. The number of ether oxygens (including phenoxy) is 2. The van der Waals surface area contributed by atoms with Gasteiger partial charge in [-0.3, -0.25) is 4.79 Å². The van der Waals surface area contributed by atoms with Crippen LogP contribution in [0.1, 0.15) is 23.2 Å². The molecule has 1 aromatic heterocycles. The molecule has 0 radical (unpaired) electrons. The highest BCUT2D eigenvalue weighted by atomic mass is 35.5. The van der Waals surface area contributed by atoms with Crippen molar-refractivity contribution in [2.75, 3.05) is 26.8 Å². The van der Waals surface area contributed by atoms with Gasteiger partial charge in [-0.2, -0.15) is 0 Å². The minimum absolute atomic E-state index is 0.0847. The summed E-state index contributed by atoms with van der Waals surface area (Å²) < 4.78 is 13.3. The van der Waals surface area contributed by atoms with Crippen LogP contribution in [0.5, 0.6) is 5.75 Å². The lowest BCUT2D eigenvalue weighted by Gasteiger charge is -2.32. The van der Waals surface area contributed by atoms with E-state index in [9.17, 15) is 4.79 Å². The quantitative estimate of drug-likeness (QED) is 0.593. The number of methoxy groups -OCH3 is 1.